The first-order valence-electron chi connectivity index (χ1n) is 5.71. The summed E-state index contributed by atoms with van der Waals surface area (Å²) in [6, 6.07) is 7.15. The number of nitrogens with one attached hydrogen (secondary N) is 2. The number of carbonyl (C=O) groups excluding carboxylic acids is 2. The molecule has 2 N–H and O–H groups in total. The maximum absolute atomic E-state index is 11.6. The lowest BCUT2D eigenvalue weighted by atomic mass is 10.1. The fourth-order valence-corrected chi connectivity index (χ4v) is 1.20. The number of amides is 2. The fourth-order valence-electron chi connectivity index (χ4n) is 1.20. The zero-order chi connectivity index (χ0) is 12.8. The van der Waals surface area contributed by atoms with Gasteiger partial charge in [0.05, 0.1) is 0 Å². The minimum Gasteiger partial charge on any atom is -0.273 e. The third-order valence-electron chi connectivity index (χ3n) is 2.67. The molecule has 1 atom stereocenters. The zero-order valence-electron chi connectivity index (χ0n) is 10.4. The standard InChI is InChI=1S/C13H18N2O2/c1-4-10(3)12(16)14-15-13(17)11-7-5-9(2)6-8-11/h5-8,10H,4H2,1-3H3,(H,14,16)(H,15,17). The van der Waals surface area contributed by atoms with Crippen LogP contribution in [-0.4, -0.2) is 11.8 Å². The van der Waals surface area contributed by atoms with Crippen molar-refractivity contribution >= 4 is 11.8 Å². The maximum Gasteiger partial charge on any atom is 0.269 e. The molecule has 4 heteroatoms. The largest absolute Gasteiger partial charge is 0.273 e. The van der Waals surface area contributed by atoms with Gasteiger partial charge in [0.2, 0.25) is 5.91 Å². The Bertz CT molecular complexity index is 398. The number of hydrogen-bond donors (Lipinski definition) is 2. The third kappa shape index (κ3) is 3.90. The molecule has 17 heavy (non-hydrogen) atoms. The molecule has 0 aliphatic carbocycles. The third-order valence-corrected chi connectivity index (χ3v) is 2.67. The number of carbonyl (C=O) groups is 2. The highest BCUT2D eigenvalue weighted by atomic mass is 16.2. The van der Waals surface area contributed by atoms with E-state index in [2.05, 4.69) is 10.9 Å². The van der Waals surface area contributed by atoms with Crippen LogP contribution in [0, 0.1) is 12.8 Å². The highest BCUT2D eigenvalue weighted by Crippen LogP contribution is 2.02. The van der Waals surface area contributed by atoms with Crippen molar-refractivity contribution in [2.24, 2.45) is 5.92 Å². The lowest BCUT2D eigenvalue weighted by molar-refractivity contribution is -0.125. The molecule has 0 radical (unpaired) electrons. The van der Waals surface area contributed by atoms with E-state index in [-0.39, 0.29) is 17.7 Å². The number of hydrazine groups is 1. The number of hydrogen-bond acceptors (Lipinski definition) is 2. The van der Waals surface area contributed by atoms with Crippen LogP contribution in [0.1, 0.15) is 36.2 Å². The van der Waals surface area contributed by atoms with E-state index >= 15 is 0 Å². The van der Waals surface area contributed by atoms with Crippen LogP contribution >= 0.6 is 0 Å². The Kier molecular flexibility index (Phi) is 4.69. The van der Waals surface area contributed by atoms with E-state index in [9.17, 15) is 9.59 Å². The topological polar surface area (TPSA) is 58.2 Å². The van der Waals surface area contributed by atoms with Crippen molar-refractivity contribution in [3.63, 3.8) is 0 Å². The molecule has 1 unspecified atom stereocenters. The molecule has 0 fully saturated rings. The molecule has 0 heterocycles. The molecule has 2 amide bonds. The van der Waals surface area contributed by atoms with Gasteiger partial charge >= 0.3 is 0 Å². The first kappa shape index (κ1) is 13.2. The minimum atomic E-state index is -0.304. The van der Waals surface area contributed by atoms with Gasteiger partial charge in [0.1, 0.15) is 0 Å². The Morgan fingerprint density at radius 3 is 2.29 bits per heavy atom. The van der Waals surface area contributed by atoms with Gasteiger partial charge in [0.25, 0.3) is 5.91 Å². The second-order valence-electron chi connectivity index (χ2n) is 4.12. The van der Waals surface area contributed by atoms with Crippen LogP contribution in [0.3, 0.4) is 0 Å². The SMILES string of the molecule is CCC(C)C(=O)NNC(=O)c1ccc(C)cc1. The summed E-state index contributed by atoms with van der Waals surface area (Å²) in [5, 5.41) is 0. The second kappa shape index (κ2) is 6.03. The molecule has 0 aromatic heterocycles. The van der Waals surface area contributed by atoms with Gasteiger partial charge in [0, 0.05) is 11.5 Å². The van der Waals surface area contributed by atoms with Crippen molar-refractivity contribution in [1.82, 2.24) is 10.9 Å². The molecule has 4 nitrogen and oxygen atoms in total. The van der Waals surface area contributed by atoms with Crippen LogP contribution in [0.5, 0.6) is 0 Å². The highest BCUT2D eigenvalue weighted by Gasteiger charge is 2.11. The molecule has 0 saturated carbocycles. The van der Waals surface area contributed by atoms with Gasteiger partial charge in [-0.05, 0) is 25.5 Å². The molecule has 0 aliphatic rings. The van der Waals surface area contributed by atoms with Crippen LogP contribution < -0.4 is 10.9 Å². The Labute approximate surface area is 101 Å². The van der Waals surface area contributed by atoms with Gasteiger partial charge < -0.3 is 0 Å². The van der Waals surface area contributed by atoms with E-state index in [0.717, 1.165) is 12.0 Å². The van der Waals surface area contributed by atoms with E-state index in [1.807, 2.05) is 32.9 Å². The second-order valence-corrected chi connectivity index (χ2v) is 4.12. The van der Waals surface area contributed by atoms with E-state index < -0.39 is 0 Å². The summed E-state index contributed by atoms with van der Waals surface area (Å²) in [7, 11) is 0. The van der Waals surface area contributed by atoms with E-state index in [4.69, 9.17) is 0 Å². The Morgan fingerprint density at radius 2 is 1.76 bits per heavy atom. The van der Waals surface area contributed by atoms with Gasteiger partial charge in [-0.3, -0.25) is 20.4 Å². The molecule has 1 aromatic carbocycles. The number of benzene rings is 1. The van der Waals surface area contributed by atoms with Crippen molar-refractivity contribution < 1.29 is 9.59 Å². The average molecular weight is 234 g/mol. The van der Waals surface area contributed by atoms with Crippen molar-refractivity contribution in [2.45, 2.75) is 27.2 Å². The van der Waals surface area contributed by atoms with Crippen LogP contribution in [0.2, 0.25) is 0 Å². The molecule has 1 aromatic rings. The normalized spacial score (nSPS) is 11.7. The molecule has 1 rings (SSSR count). The van der Waals surface area contributed by atoms with Crippen molar-refractivity contribution in [3.05, 3.63) is 35.4 Å². The number of aryl methyl sites for hydroxylation is 1. The summed E-state index contributed by atoms with van der Waals surface area (Å²) in [5.41, 5.74) is 6.42. The summed E-state index contributed by atoms with van der Waals surface area (Å²) < 4.78 is 0. The lowest BCUT2D eigenvalue weighted by Gasteiger charge is -2.11. The Balaban J connectivity index is 2.50. The minimum absolute atomic E-state index is 0.103. The van der Waals surface area contributed by atoms with Crippen LogP contribution in [0.25, 0.3) is 0 Å². The fraction of sp³-hybridized carbons (Fsp3) is 0.385. The smallest absolute Gasteiger partial charge is 0.269 e. The zero-order valence-corrected chi connectivity index (χ0v) is 10.4. The van der Waals surface area contributed by atoms with Gasteiger partial charge in [-0.15, -0.1) is 0 Å². The van der Waals surface area contributed by atoms with Crippen molar-refractivity contribution in [3.8, 4) is 0 Å². The summed E-state index contributed by atoms with van der Waals surface area (Å²) >= 11 is 0. The molecule has 0 aliphatic heterocycles. The van der Waals surface area contributed by atoms with Crippen molar-refractivity contribution in [2.75, 3.05) is 0 Å². The highest BCUT2D eigenvalue weighted by molar-refractivity contribution is 5.95. The van der Waals surface area contributed by atoms with Gasteiger partial charge in [-0.2, -0.15) is 0 Å². The molecule has 0 saturated heterocycles. The monoisotopic (exact) mass is 234 g/mol. The Hall–Kier alpha value is -1.84. The molecule has 0 spiro atoms. The summed E-state index contributed by atoms with van der Waals surface area (Å²) in [6.07, 6.45) is 0.742. The quantitative estimate of drug-likeness (QED) is 0.783. The van der Waals surface area contributed by atoms with Crippen LogP contribution in [0.15, 0.2) is 24.3 Å². The first-order valence-corrected chi connectivity index (χ1v) is 5.71. The summed E-state index contributed by atoms with van der Waals surface area (Å²) in [4.78, 5) is 23.1. The molecular weight excluding hydrogens is 216 g/mol. The summed E-state index contributed by atoms with van der Waals surface area (Å²) in [6.45, 7) is 5.69. The predicted molar refractivity (Wildman–Crippen MR) is 66.2 cm³/mol. The van der Waals surface area contributed by atoms with Crippen molar-refractivity contribution in [1.29, 1.82) is 0 Å². The molecule has 0 bridgehead atoms. The molecule has 92 valence electrons. The first-order chi connectivity index (χ1) is 8.04. The molecular formula is C13H18N2O2. The Morgan fingerprint density at radius 1 is 1.18 bits per heavy atom. The van der Waals surface area contributed by atoms with Gasteiger partial charge in [-0.25, -0.2) is 0 Å². The van der Waals surface area contributed by atoms with Gasteiger partial charge in [-0.1, -0.05) is 31.5 Å². The van der Waals surface area contributed by atoms with Gasteiger partial charge in [0.15, 0.2) is 0 Å². The lowest BCUT2D eigenvalue weighted by Crippen LogP contribution is -2.43. The van der Waals surface area contributed by atoms with Crippen LogP contribution in [0.4, 0.5) is 0 Å². The maximum atomic E-state index is 11.6. The van der Waals surface area contributed by atoms with Crippen LogP contribution in [-0.2, 0) is 4.79 Å². The number of rotatable bonds is 3. The van der Waals surface area contributed by atoms with E-state index in [1.165, 1.54) is 0 Å². The predicted octanol–water partition coefficient (Wildman–Crippen LogP) is 1.80. The summed E-state index contributed by atoms with van der Waals surface area (Å²) in [5.74, 6) is -0.581. The van der Waals surface area contributed by atoms with E-state index in [0.29, 0.717) is 5.56 Å². The average Bonchev–Trinajstić information content (AvgIpc) is 2.35. The van der Waals surface area contributed by atoms with E-state index in [1.54, 1.807) is 12.1 Å².